The Morgan fingerprint density at radius 1 is 1.07 bits per heavy atom. The van der Waals surface area contributed by atoms with E-state index in [1.807, 2.05) is 55.5 Å². The molecule has 30 heavy (non-hydrogen) atoms. The Morgan fingerprint density at radius 3 is 2.30 bits per heavy atom. The van der Waals surface area contributed by atoms with Crippen molar-refractivity contribution in [1.82, 2.24) is 4.90 Å². The van der Waals surface area contributed by atoms with Crippen molar-refractivity contribution < 1.29 is 19.4 Å². The first-order valence-corrected chi connectivity index (χ1v) is 10.5. The number of phenolic OH excluding ortho intramolecular Hbond substituents is 1. The molecule has 1 amide bonds. The van der Waals surface area contributed by atoms with Gasteiger partial charge in [0.15, 0.2) is 0 Å². The predicted molar refractivity (Wildman–Crippen MR) is 116 cm³/mol. The lowest BCUT2D eigenvalue weighted by molar-refractivity contribution is -0.151. The maximum Gasteiger partial charge on any atom is 0.332 e. The van der Waals surface area contributed by atoms with Crippen LogP contribution in [0.15, 0.2) is 54.6 Å². The van der Waals surface area contributed by atoms with Gasteiger partial charge in [0.1, 0.15) is 11.3 Å². The van der Waals surface area contributed by atoms with Gasteiger partial charge in [0.2, 0.25) is 5.91 Å². The third-order valence-electron chi connectivity index (χ3n) is 5.93. The zero-order chi connectivity index (χ0) is 21.6. The van der Waals surface area contributed by atoms with Crippen molar-refractivity contribution in [1.29, 1.82) is 0 Å². The molecule has 6 heteroatoms. The number of likely N-dealkylation sites (tertiary alicyclic amines) is 1. The van der Waals surface area contributed by atoms with E-state index in [0.717, 1.165) is 24.2 Å². The average Bonchev–Trinajstić information content (AvgIpc) is 2.79. The Hall–Kier alpha value is -2.86. The van der Waals surface area contributed by atoms with Crippen LogP contribution < -0.4 is 4.90 Å². The molecule has 3 rings (SSSR count). The van der Waals surface area contributed by atoms with Crippen molar-refractivity contribution >= 4 is 17.6 Å². The Labute approximate surface area is 178 Å². The lowest BCUT2D eigenvalue weighted by Crippen LogP contribution is -2.62. The van der Waals surface area contributed by atoms with Crippen LogP contribution in [0, 0.1) is 0 Å². The van der Waals surface area contributed by atoms with Gasteiger partial charge in [0.05, 0.1) is 7.11 Å². The second-order valence-electron chi connectivity index (χ2n) is 7.66. The molecule has 1 N–H and O–H groups in total. The number of phenols is 1. The van der Waals surface area contributed by atoms with Gasteiger partial charge in [-0.1, -0.05) is 43.3 Å². The predicted octanol–water partition coefficient (Wildman–Crippen LogP) is 3.39. The number of benzene rings is 2. The Kier molecular flexibility index (Phi) is 7.11. The van der Waals surface area contributed by atoms with Crippen LogP contribution in [0.5, 0.6) is 5.75 Å². The summed E-state index contributed by atoms with van der Waals surface area (Å²) in [5, 5.41) is 9.99. The second-order valence-corrected chi connectivity index (χ2v) is 7.66. The number of amides is 1. The summed E-state index contributed by atoms with van der Waals surface area (Å²) in [5.74, 6) is -0.148. The zero-order valence-electron chi connectivity index (χ0n) is 17.7. The minimum absolute atomic E-state index is 0.0887. The van der Waals surface area contributed by atoms with E-state index in [-0.39, 0.29) is 11.9 Å². The minimum Gasteiger partial charge on any atom is -0.508 e. The molecule has 2 aromatic carbocycles. The maximum atomic E-state index is 13.0. The summed E-state index contributed by atoms with van der Waals surface area (Å²) in [6.45, 7) is 3.93. The van der Waals surface area contributed by atoms with Gasteiger partial charge in [-0.05, 0) is 43.0 Å². The number of esters is 1. The fourth-order valence-electron chi connectivity index (χ4n) is 4.22. The van der Waals surface area contributed by atoms with Crippen LogP contribution in [0.1, 0.15) is 31.7 Å². The molecule has 0 aromatic heterocycles. The maximum absolute atomic E-state index is 13.0. The Bertz CT molecular complexity index is 861. The van der Waals surface area contributed by atoms with E-state index in [0.29, 0.717) is 38.1 Å². The van der Waals surface area contributed by atoms with Crippen molar-refractivity contribution in [2.45, 2.75) is 38.1 Å². The first-order valence-electron chi connectivity index (χ1n) is 10.5. The molecule has 1 heterocycles. The number of carbonyl (C=O) groups is 2. The molecule has 1 saturated heterocycles. The fourth-order valence-corrected chi connectivity index (χ4v) is 4.22. The van der Waals surface area contributed by atoms with E-state index in [1.54, 1.807) is 11.0 Å². The first-order chi connectivity index (χ1) is 14.5. The summed E-state index contributed by atoms with van der Waals surface area (Å²) in [5.41, 5.74) is 0.626. The molecule has 0 atom stereocenters. The molecule has 0 saturated carbocycles. The number of hydrogen-bond donors (Lipinski definition) is 1. The van der Waals surface area contributed by atoms with Gasteiger partial charge in [-0.15, -0.1) is 0 Å². The van der Waals surface area contributed by atoms with Crippen molar-refractivity contribution in [2.24, 2.45) is 0 Å². The van der Waals surface area contributed by atoms with Crippen molar-refractivity contribution in [3.63, 3.8) is 0 Å². The lowest BCUT2D eigenvalue weighted by atomic mass is 9.84. The van der Waals surface area contributed by atoms with Gasteiger partial charge in [0.25, 0.3) is 0 Å². The molecule has 0 aliphatic carbocycles. The van der Waals surface area contributed by atoms with Gasteiger partial charge in [-0.3, -0.25) is 9.69 Å². The van der Waals surface area contributed by atoms with E-state index >= 15 is 0 Å². The summed E-state index contributed by atoms with van der Waals surface area (Å²) in [4.78, 5) is 29.9. The van der Waals surface area contributed by atoms with Crippen LogP contribution in [0.3, 0.4) is 0 Å². The highest BCUT2D eigenvalue weighted by Crippen LogP contribution is 2.35. The molecule has 6 nitrogen and oxygen atoms in total. The third kappa shape index (κ3) is 4.49. The number of para-hydroxylation sites is 2. The Morgan fingerprint density at radius 2 is 1.70 bits per heavy atom. The van der Waals surface area contributed by atoms with Crippen molar-refractivity contribution in [3.05, 3.63) is 60.2 Å². The normalized spacial score (nSPS) is 16.1. The van der Waals surface area contributed by atoms with E-state index in [1.165, 1.54) is 7.11 Å². The monoisotopic (exact) mass is 410 g/mol. The van der Waals surface area contributed by atoms with Crippen LogP contribution >= 0.6 is 0 Å². The van der Waals surface area contributed by atoms with Gasteiger partial charge in [-0.2, -0.15) is 0 Å². The largest absolute Gasteiger partial charge is 0.508 e. The quantitative estimate of drug-likeness (QED) is 0.709. The van der Waals surface area contributed by atoms with Crippen LogP contribution in [-0.4, -0.2) is 54.2 Å². The fraction of sp³-hybridized carbons (Fsp3) is 0.417. The van der Waals surface area contributed by atoms with Crippen LogP contribution in [-0.2, 0) is 20.7 Å². The molecular formula is C24H30N2O4. The number of piperidine rings is 1. The number of rotatable bonds is 7. The SMILES string of the molecule is CCC(=O)N(c1ccccc1)C1(C(=O)OC)CCN(CCc2ccccc2O)CC1. The molecule has 0 radical (unpaired) electrons. The average molecular weight is 411 g/mol. The standard InChI is InChI=1S/C24H30N2O4/c1-3-22(28)26(20-10-5-4-6-11-20)24(23(29)30-2)14-17-25(18-15-24)16-13-19-9-7-8-12-21(19)27/h4-12,27H,3,13-18H2,1-2H3. The minimum atomic E-state index is -1.01. The van der Waals surface area contributed by atoms with Gasteiger partial charge >= 0.3 is 5.97 Å². The molecule has 160 valence electrons. The summed E-state index contributed by atoms with van der Waals surface area (Å²) >= 11 is 0. The number of methoxy groups -OCH3 is 1. The van der Waals surface area contributed by atoms with E-state index in [4.69, 9.17) is 4.74 Å². The molecule has 0 spiro atoms. The summed E-state index contributed by atoms with van der Waals surface area (Å²) < 4.78 is 5.19. The highest BCUT2D eigenvalue weighted by Gasteiger charge is 2.49. The Balaban J connectivity index is 1.79. The second kappa shape index (κ2) is 9.76. The number of anilines is 1. The molecule has 1 fully saturated rings. The summed E-state index contributed by atoms with van der Waals surface area (Å²) in [6.07, 6.45) is 2.04. The van der Waals surface area contributed by atoms with E-state index < -0.39 is 5.54 Å². The molecule has 0 unspecified atom stereocenters. The molecule has 2 aromatic rings. The summed E-state index contributed by atoms with van der Waals surface area (Å²) in [7, 11) is 1.38. The number of aromatic hydroxyl groups is 1. The number of carbonyl (C=O) groups excluding carboxylic acids is 2. The van der Waals surface area contributed by atoms with Crippen LogP contribution in [0.2, 0.25) is 0 Å². The number of nitrogens with zero attached hydrogens (tertiary/aromatic N) is 2. The van der Waals surface area contributed by atoms with Crippen molar-refractivity contribution in [2.75, 3.05) is 31.6 Å². The highest BCUT2D eigenvalue weighted by atomic mass is 16.5. The van der Waals surface area contributed by atoms with Gasteiger partial charge in [0, 0.05) is 31.7 Å². The topological polar surface area (TPSA) is 70.1 Å². The van der Waals surface area contributed by atoms with E-state index in [9.17, 15) is 14.7 Å². The molecule has 1 aliphatic rings. The molecule has 1 aliphatic heterocycles. The lowest BCUT2D eigenvalue weighted by Gasteiger charge is -2.46. The summed E-state index contributed by atoms with van der Waals surface area (Å²) in [6, 6.07) is 16.7. The smallest absolute Gasteiger partial charge is 0.332 e. The van der Waals surface area contributed by atoms with Gasteiger partial charge < -0.3 is 14.7 Å². The first kappa shape index (κ1) is 21.8. The number of hydrogen-bond acceptors (Lipinski definition) is 5. The zero-order valence-corrected chi connectivity index (χ0v) is 17.7. The van der Waals surface area contributed by atoms with Crippen LogP contribution in [0.4, 0.5) is 5.69 Å². The van der Waals surface area contributed by atoms with Gasteiger partial charge in [-0.25, -0.2) is 4.79 Å². The number of ether oxygens (including phenoxy) is 1. The molecular weight excluding hydrogens is 380 g/mol. The van der Waals surface area contributed by atoms with E-state index in [2.05, 4.69) is 4.90 Å². The third-order valence-corrected chi connectivity index (χ3v) is 5.93. The van der Waals surface area contributed by atoms with Crippen LogP contribution in [0.25, 0.3) is 0 Å². The molecule has 0 bridgehead atoms. The van der Waals surface area contributed by atoms with Crippen molar-refractivity contribution in [3.8, 4) is 5.75 Å². The highest BCUT2D eigenvalue weighted by molar-refractivity contribution is 6.02.